The molecule has 0 aliphatic rings. The molecule has 170 valence electrons. The molecule has 0 saturated carbocycles. The van der Waals surface area contributed by atoms with Gasteiger partial charge in [0, 0.05) is 23.2 Å². The molecule has 0 fully saturated rings. The summed E-state index contributed by atoms with van der Waals surface area (Å²) in [6.07, 6.45) is 3.30. The summed E-state index contributed by atoms with van der Waals surface area (Å²) in [5, 5.41) is 13.6. The van der Waals surface area contributed by atoms with Crippen molar-refractivity contribution in [1.29, 1.82) is 0 Å². The predicted octanol–water partition coefficient (Wildman–Crippen LogP) is 5.67. The molecule has 5 aromatic rings. The van der Waals surface area contributed by atoms with Gasteiger partial charge in [-0.3, -0.25) is 4.79 Å². The Morgan fingerprint density at radius 2 is 1.85 bits per heavy atom. The Kier molecular flexibility index (Phi) is 5.55. The van der Waals surface area contributed by atoms with Crippen molar-refractivity contribution in [3.63, 3.8) is 0 Å². The van der Waals surface area contributed by atoms with Crippen LogP contribution in [0.25, 0.3) is 22.0 Å². The number of hydrogen-bond donors (Lipinski definition) is 2. The number of benzene rings is 3. The van der Waals surface area contributed by atoms with E-state index in [1.807, 2.05) is 48.0 Å². The summed E-state index contributed by atoms with van der Waals surface area (Å²) in [7, 11) is 0. The number of amides is 1. The highest BCUT2D eigenvalue weighted by molar-refractivity contribution is 6.30. The number of fused-ring (bicyclic) bond motifs is 3. The first kappa shape index (κ1) is 21.7. The van der Waals surface area contributed by atoms with Crippen LogP contribution in [0.15, 0.2) is 77.7 Å². The van der Waals surface area contributed by atoms with E-state index in [1.54, 1.807) is 18.2 Å². The van der Waals surface area contributed by atoms with Gasteiger partial charge in [-0.1, -0.05) is 35.9 Å². The zero-order valence-corrected chi connectivity index (χ0v) is 18.9. The molecule has 2 heterocycles. The van der Waals surface area contributed by atoms with Crippen LogP contribution in [0.1, 0.15) is 44.8 Å². The van der Waals surface area contributed by atoms with Crippen LogP contribution in [0.3, 0.4) is 0 Å². The van der Waals surface area contributed by atoms with Crippen molar-refractivity contribution in [3.05, 3.63) is 101 Å². The van der Waals surface area contributed by atoms with Crippen LogP contribution in [0.2, 0.25) is 5.02 Å². The minimum Gasteiger partial charge on any atom is -0.478 e. The number of oxazole rings is 1. The summed E-state index contributed by atoms with van der Waals surface area (Å²) in [6.45, 7) is 2.40. The van der Waals surface area contributed by atoms with Crippen molar-refractivity contribution in [2.75, 3.05) is 0 Å². The third-order valence-electron chi connectivity index (χ3n) is 5.86. The van der Waals surface area contributed by atoms with Crippen molar-refractivity contribution in [1.82, 2.24) is 14.9 Å². The third kappa shape index (κ3) is 4.02. The molecule has 0 aliphatic carbocycles. The first-order valence-electron chi connectivity index (χ1n) is 10.6. The highest BCUT2D eigenvalue weighted by Gasteiger charge is 2.21. The fraction of sp³-hybridized carbons (Fsp3) is 0.115. The van der Waals surface area contributed by atoms with Crippen LogP contribution in [0.4, 0.5) is 0 Å². The first-order valence-corrected chi connectivity index (χ1v) is 11.0. The fourth-order valence-electron chi connectivity index (χ4n) is 4.09. The monoisotopic (exact) mass is 473 g/mol. The Hall–Kier alpha value is -4.10. The van der Waals surface area contributed by atoms with Gasteiger partial charge in [-0.25, -0.2) is 9.78 Å². The van der Waals surface area contributed by atoms with E-state index in [0.717, 1.165) is 22.0 Å². The molecule has 2 N–H and O–H groups in total. The average Bonchev–Trinajstić information content (AvgIpc) is 3.47. The van der Waals surface area contributed by atoms with Crippen LogP contribution < -0.4 is 5.32 Å². The lowest BCUT2D eigenvalue weighted by Crippen LogP contribution is -2.27. The summed E-state index contributed by atoms with van der Waals surface area (Å²) >= 11 is 6.02. The van der Waals surface area contributed by atoms with Crippen LogP contribution in [-0.2, 0) is 6.54 Å². The molecule has 5 rings (SSSR count). The number of aromatic nitrogens is 2. The van der Waals surface area contributed by atoms with Crippen molar-refractivity contribution >= 4 is 45.5 Å². The first-order chi connectivity index (χ1) is 16.4. The number of carboxylic acid groups (broad SMARTS) is 1. The molecule has 8 heteroatoms. The molecule has 0 unspecified atom stereocenters. The zero-order chi connectivity index (χ0) is 23.8. The van der Waals surface area contributed by atoms with E-state index in [1.165, 1.54) is 18.5 Å². The summed E-state index contributed by atoms with van der Waals surface area (Å²) < 4.78 is 7.52. The standard InChI is InChI=1S/C26H20ClN3O4/c1-15(17-4-6-18(7-5-17)26(32)33)29-25(31)21-12-22-23(28-14-34-22)20-10-11-30(24(20)21)13-16-2-8-19(27)9-3-16/h2-12,14-15H,13H2,1H3,(H,29,31)(H,32,33)/t15-/m0/s1. The van der Waals surface area contributed by atoms with Gasteiger partial charge in [-0.2, -0.15) is 0 Å². The number of halogens is 1. The van der Waals surface area contributed by atoms with Gasteiger partial charge in [0.05, 0.1) is 22.7 Å². The number of aromatic carboxylic acids is 1. The van der Waals surface area contributed by atoms with Gasteiger partial charge in [0.25, 0.3) is 5.91 Å². The number of carbonyl (C=O) groups excluding carboxylic acids is 1. The second-order valence-electron chi connectivity index (χ2n) is 8.08. The molecule has 0 radical (unpaired) electrons. The molecule has 0 saturated heterocycles. The van der Waals surface area contributed by atoms with Gasteiger partial charge in [-0.15, -0.1) is 0 Å². The maximum absolute atomic E-state index is 13.4. The minimum atomic E-state index is -0.993. The maximum atomic E-state index is 13.4. The van der Waals surface area contributed by atoms with Crippen LogP contribution in [0, 0.1) is 0 Å². The Bertz CT molecular complexity index is 1520. The van der Waals surface area contributed by atoms with Crippen molar-refractivity contribution in [2.45, 2.75) is 19.5 Å². The predicted molar refractivity (Wildman–Crippen MR) is 129 cm³/mol. The van der Waals surface area contributed by atoms with Crippen molar-refractivity contribution in [3.8, 4) is 0 Å². The van der Waals surface area contributed by atoms with E-state index in [-0.39, 0.29) is 17.5 Å². The number of nitrogens with one attached hydrogen (secondary N) is 1. The molecule has 0 spiro atoms. The molecule has 3 aromatic carbocycles. The quantitative estimate of drug-likeness (QED) is 0.331. The fourth-order valence-corrected chi connectivity index (χ4v) is 4.21. The van der Waals surface area contributed by atoms with Gasteiger partial charge in [-0.05, 0) is 54.4 Å². The van der Waals surface area contributed by atoms with E-state index in [0.29, 0.717) is 28.2 Å². The van der Waals surface area contributed by atoms with Gasteiger partial charge in [0.1, 0.15) is 5.52 Å². The largest absolute Gasteiger partial charge is 0.478 e. The number of rotatable bonds is 6. The lowest BCUT2D eigenvalue weighted by molar-refractivity contribution is 0.0696. The molecule has 1 amide bonds. The second-order valence-corrected chi connectivity index (χ2v) is 8.51. The van der Waals surface area contributed by atoms with E-state index < -0.39 is 5.97 Å². The van der Waals surface area contributed by atoms with Crippen LogP contribution >= 0.6 is 11.6 Å². The highest BCUT2D eigenvalue weighted by Crippen LogP contribution is 2.30. The number of nitrogens with zero attached hydrogens (tertiary/aromatic N) is 2. The van der Waals surface area contributed by atoms with Gasteiger partial charge < -0.3 is 19.4 Å². The lowest BCUT2D eigenvalue weighted by atomic mass is 10.0. The van der Waals surface area contributed by atoms with E-state index in [9.17, 15) is 9.59 Å². The van der Waals surface area contributed by atoms with E-state index in [4.69, 9.17) is 21.1 Å². The summed E-state index contributed by atoms with van der Waals surface area (Å²) in [4.78, 5) is 28.9. The van der Waals surface area contributed by atoms with Gasteiger partial charge in [0.2, 0.25) is 0 Å². The Balaban J connectivity index is 1.51. The zero-order valence-electron chi connectivity index (χ0n) is 18.2. The molecule has 1 atom stereocenters. The highest BCUT2D eigenvalue weighted by atomic mass is 35.5. The molecule has 0 bridgehead atoms. The van der Waals surface area contributed by atoms with Crippen LogP contribution in [0.5, 0.6) is 0 Å². The topological polar surface area (TPSA) is 97.4 Å². The SMILES string of the molecule is C[C@H](NC(=O)c1cc2ocnc2c2ccn(Cc3ccc(Cl)cc3)c12)c1ccc(C(=O)O)cc1. The lowest BCUT2D eigenvalue weighted by Gasteiger charge is -2.16. The summed E-state index contributed by atoms with van der Waals surface area (Å²) in [6, 6.07) is 17.3. The van der Waals surface area contributed by atoms with E-state index in [2.05, 4.69) is 10.3 Å². The van der Waals surface area contributed by atoms with Crippen molar-refractivity contribution in [2.24, 2.45) is 0 Å². The molecule has 34 heavy (non-hydrogen) atoms. The molecule has 0 aliphatic heterocycles. The molecular formula is C26H20ClN3O4. The van der Waals surface area contributed by atoms with Gasteiger partial charge >= 0.3 is 5.97 Å². The summed E-state index contributed by atoms with van der Waals surface area (Å²) in [5.41, 5.74) is 4.47. The smallest absolute Gasteiger partial charge is 0.335 e. The minimum absolute atomic E-state index is 0.194. The Labute approximate surface area is 199 Å². The third-order valence-corrected chi connectivity index (χ3v) is 6.11. The molecular weight excluding hydrogens is 454 g/mol. The summed E-state index contributed by atoms with van der Waals surface area (Å²) in [5.74, 6) is -1.26. The van der Waals surface area contributed by atoms with Crippen molar-refractivity contribution < 1.29 is 19.1 Å². The molecule has 2 aromatic heterocycles. The number of carbonyl (C=O) groups is 2. The average molecular weight is 474 g/mol. The maximum Gasteiger partial charge on any atom is 0.335 e. The second kappa shape index (κ2) is 8.68. The van der Waals surface area contributed by atoms with Crippen LogP contribution in [-0.4, -0.2) is 26.5 Å². The Morgan fingerprint density at radius 1 is 1.12 bits per heavy atom. The van der Waals surface area contributed by atoms with Gasteiger partial charge in [0.15, 0.2) is 12.0 Å². The molecule has 7 nitrogen and oxygen atoms in total. The Morgan fingerprint density at radius 3 is 2.56 bits per heavy atom. The van der Waals surface area contributed by atoms with E-state index >= 15 is 0 Å². The normalized spacial score (nSPS) is 12.2. The number of hydrogen-bond acceptors (Lipinski definition) is 4. The number of carboxylic acids is 1.